The van der Waals surface area contributed by atoms with Gasteiger partial charge < -0.3 is 9.64 Å². The fourth-order valence-electron chi connectivity index (χ4n) is 2.34. The Morgan fingerprint density at radius 3 is 2.47 bits per heavy atom. The number of rotatable bonds is 2. The van der Waals surface area contributed by atoms with Gasteiger partial charge in [0.05, 0.1) is 12.2 Å². The van der Waals surface area contributed by atoms with Crippen LogP contribution in [0.5, 0.6) is 5.75 Å². The summed E-state index contributed by atoms with van der Waals surface area (Å²) in [4.78, 5) is 2.43. The summed E-state index contributed by atoms with van der Waals surface area (Å²) in [7, 11) is 1.57. The molecule has 1 aromatic rings. The Labute approximate surface area is 125 Å². The summed E-state index contributed by atoms with van der Waals surface area (Å²) in [5.74, 6) is 0.991. The SMILES string of the molecule is CC(C)(SS)c1ccc2c(c1)N(C(C)(C)C)CCO2. The Bertz CT molecular complexity index is 466. The van der Waals surface area contributed by atoms with E-state index in [1.54, 1.807) is 10.8 Å². The van der Waals surface area contributed by atoms with Gasteiger partial charge in [-0.05, 0) is 52.3 Å². The van der Waals surface area contributed by atoms with E-state index >= 15 is 0 Å². The van der Waals surface area contributed by atoms with Crippen molar-refractivity contribution >= 4 is 28.1 Å². The van der Waals surface area contributed by atoms with E-state index in [0.29, 0.717) is 0 Å². The average molecular weight is 297 g/mol. The highest BCUT2D eigenvalue weighted by molar-refractivity contribution is 8.68. The zero-order valence-corrected chi connectivity index (χ0v) is 14.1. The first kappa shape index (κ1) is 14.9. The summed E-state index contributed by atoms with van der Waals surface area (Å²) in [6.07, 6.45) is 0. The summed E-state index contributed by atoms with van der Waals surface area (Å²) >= 11 is 4.39. The Morgan fingerprint density at radius 1 is 1.21 bits per heavy atom. The first-order valence-electron chi connectivity index (χ1n) is 6.63. The summed E-state index contributed by atoms with van der Waals surface area (Å²) < 4.78 is 5.78. The molecular weight excluding hydrogens is 274 g/mol. The fraction of sp³-hybridized carbons (Fsp3) is 0.600. The topological polar surface area (TPSA) is 12.5 Å². The maximum atomic E-state index is 5.78. The van der Waals surface area contributed by atoms with Gasteiger partial charge in [-0.25, -0.2) is 0 Å². The monoisotopic (exact) mass is 297 g/mol. The third-order valence-electron chi connectivity index (χ3n) is 3.56. The van der Waals surface area contributed by atoms with Crippen LogP contribution in [0.2, 0.25) is 0 Å². The van der Waals surface area contributed by atoms with Gasteiger partial charge in [-0.3, -0.25) is 0 Å². The van der Waals surface area contributed by atoms with Crippen LogP contribution in [-0.4, -0.2) is 18.7 Å². The number of thiol groups is 1. The second-order valence-corrected chi connectivity index (χ2v) is 8.21. The van der Waals surface area contributed by atoms with Crippen molar-refractivity contribution in [2.24, 2.45) is 0 Å². The maximum absolute atomic E-state index is 5.78. The maximum Gasteiger partial charge on any atom is 0.142 e. The van der Waals surface area contributed by atoms with Gasteiger partial charge in [-0.1, -0.05) is 16.9 Å². The zero-order valence-electron chi connectivity index (χ0n) is 12.4. The number of hydrogen-bond acceptors (Lipinski definition) is 4. The lowest BCUT2D eigenvalue weighted by Crippen LogP contribution is -2.46. The number of nitrogens with zero attached hydrogens (tertiary/aromatic N) is 1. The molecule has 0 aliphatic carbocycles. The minimum absolute atomic E-state index is 0.000851. The van der Waals surface area contributed by atoms with Crippen LogP contribution in [0.3, 0.4) is 0 Å². The van der Waals surface area contributed by atoms with Gasteiger partial charge in [-0.15, -0.1) is 11.7 Å². The van der Waals surface area contributed by atoms with E-state index in [4.69, 9.17) is 4.74 Å². The summed E-state index contributed by atoms with van der Waals surface area (Å²) in [5, 5.41) is 0. The smallest absolute Gasteiger partial charge is 0.142 e. The molecule has 0 saturated carbocycles. The highest BCUT2D eigenvalue weighted by atomic mass is 33.1. The molecule has 4 heteroatoms. The van der Waals surface area contributed by atoms with Gasteiger partial charge in [0.15, 0.2) is 0 Å². The molecule has 1 aliphatic rings. The first-order valence-corrected chi connectivity index (χ1v) is 8.50. The van der Waals surface area contributed by atoms with Crippen molar-refractivity contribution in [3.05, 3.63) is 23.8 Å². The molecule has 0 amide bonds. The highest BCUT2D eigenvalue weighted by Gasteiger charge is 2.29. The third kappa shape index (κ3) is 3.00. The van der Waals surface area contributed by atoms with Crippen molar-refractivity contribution < 1.29 is 4.74 Å². The molecule has 0 spiro atoms. The van der Waals surface area contributed by atoms with E-state index in [2.05, 4.69) is 69.4 Å². The van der Waals surface area contributed by atoms with E-state index in [1.807, 2.05) is 0 Å². The molecule has 0 N–H and O–H groups in total. The molecule has 1 aromatic carbocycles. The Morgan fingerprint density at radius 2 is 1.89 bits per heavy atom. The molecule has 19 heavy (non-hydrogen) atoms. The van der Waals surface area contributed by atoms with E-state index in [9.17, 15) is 0 Å². The van der Waals surface area contributed by atoms with Crippen LogP contribution in [0.15, 0.2) is 18.2 Å². The van der Waals surface area contributed by atoms with Gasteiger partial charge in [-0.2, -0.15) is 0 Å². The van der Waals surface area contributed by atoms with Gasteiger partial charge in [0, 0.05) is 10.3 Å². The normalized spacial score (nSPS) is 16.0. The molecule has 0 unspecified atom stereocenters. The molecular formula is C15H23NOS2. The number of fused-ring (bicyclic) bond motifs is 1. The second-order valence-electron chi connectivity index (χ2n) is 6.46. The molecule has 106 valence electrons. The fourth-order valence-corrected chi connectivity index (χ4v) is 2.89. The predicted molar refractivity (Wildman–Crippen MR) is 88.6 cm³/mol. The Kier molecular flexibility index (Phi) is 4.03. The van der Waals surface area contributed by atoms with Crippen LogP contribution in [0.1, 0.15) is 40.2 Å². The van der Waals surface area contributed by atoms with Crippen molar-refractivity contribution in [1.82, 2.24) is 0 Å². The number of hydrogen-bond donors (Lipinski definition) is 1. The standard InChI is InChI=1S/C15H23NOS2/c1-14(2,3)16-8-9-17-13-7-6-11(10-12(13)16)15(4,5)19-18/h6-7,10,18H,8-9H2,1-5H3. The van der Waals surface area contributed by atoms with Crippen molar-refractivity contribution in [3.63, 3.8) is 0 Å². The minimum Gasteiger partial charge on any atom is -0.490 e. The van der Waals surface area contributed by atoms with Gasteiger partial charge >= 0.3 is 0 Å². The molecule has 2 nitrogen and oxygen atoms in total. The molecule has 0 bridgehead atoms. The van der Waals surface area contributed by atoms with Crippen molar-refractivity contribution in [3.8, 4) is 5.75 Å². The summed E-state index contributed by atoms with van der Waals surface area (Å²) in [5.41, 5.74) is 2.59. The number of ether oxygens (including phenoxy) is 1. The van der Waals surface area contributed by atoms with Gasteiger partial charge in [0.2, 0.25) is 0 Å². The Balaban J connectivity index is 2.47. The zero-order chi connectivity index (χ0) is 14.3. The molecule has 0 saturated heterocycles. The van der Waals surface area contributed by atoms with Gasteiger partial charge in [0.25, 0.3) is 0 Å². The highest BCUT2D eigenvalue weighted by Crippen LogP contribution is 2.43. The van der Waals surface area contributed by atoms with E-state index < -0.39 is 0 Å². The van der Waals surface area contributed by atoms with Crippen molar-refractivity contribution in [1.29, 1.82) is 0 Å². The lowest BCUT2D eigenvalue weighted by atomic mass is 9.98. The molecule has 2 rings (SSSR count). The molecule has 0 fully saturated rings. The van der Waals surface area contributed by atoms with Crippen molar-refractivity contribution in [2.45, 2.75) is 44.9 Å². The predicted octanol–water partition coefficient (Wildman–Crippen LogP) is 4.50. The minimum atomic E-state index is -0.000851. The summed E-state index contributed by atoms with van der Waals surface area (Å²) in [6.45, 7) is 12.8. The summed E-state index contributed by atoms with van der Waals surface area (Å²) in [6, 6.07) is 6.49. The third-order valence-corrected chi connectivity index (χ3v) is 5.62. The second kappa shape index (κ2) is 5.13. The quantitative estimate of drug-likeness (QED) is 0.638. The van der Waals surface area contributed by atoms with Crippen LogP contribution < -0.4 is 9.64 Å². The Hall–Kier alpha value is -0.480. The van der Waals surface area contributed by atoms with Crippen LogP contribution in [0.4, 0.5) is 5.69 Å². The molecule has 1 aliphatic heterocycles. The average Bonchev–Trinajstić information content (AvgIpc) is 2.36. The van der Waals surface area contributed by atoms with Crippen LogP contribution in [-0.2, 0) is 4.75 Å². The van der Waals surface area contributed by atoms with E-state index in [0.717, 1.165) is 18.9 Å². The van der Waals surface area contributed by atoms with Crippen LogP contribution in [0.25, 0.3) is 0 Å². The molecule has 0 aromatic heterocycles. The molecule has 0 atom stereocenters. The number of anilines is 1. The van der Waals surface area contributed by atoms with Crippen molar-refractivity contribution in [2.75, 3.05) is 18.1 Å². The van der Waals surface area contributed by atoms with Crippen LogP contribution in [0, 0.1) is 0 Å². The molecule has 1 heterocycles. The van der Waals surface area contributed by atoms with Crippen LogP contribution >= 0.6 is 22.5 Å². The first-order chi connectivity index (χ1) is 8.75. The lowest BCUT2D eigenvalue weighted by Gasteiger charge is -2.42. The lowest BCUT2D eigenvalue weighted by molar-refractivity contribution is 0.289. The van der Waals surface area contributed by atoms with E-state index in [1.165, 1.54) is 11.3 Å². The molecule has 0 radical (unpaired) electrons. The van der Waals surface area contributed by atoms with Gasteiger partial charge in [0.1, 0.15) is 12.4 Å². The number of benzene rings is 1. The largest absolute Gasteiger partial charge is 0.490 e. The van der Waals surface area contributed by atoms with E-state index in [-0.39, 0.29) is 10.3 Å².